The van der Waals surface area contributed by atoms with E-state index >= 15 is 0 Å². The molecule has 0 spiro atoms. The van der Waals surface area contributed by atoms with Crippen LogP contribution in [-0.4, -0.2) is 44.0 Å². The maximum atomic E-state index is 12.1. The van der Waals surface area contributed by atoms with E-state index in [4.69, 9.17) is 14.2 Å². The van der Waals surface area contributed by atoms with Crippen molar-refractivity contribution in [1.29, 1.82) is 0 Å². The van der Waals surface area contributed by atoms with E-state index in [1.807, 2.05) is 0 Å². The fourth-order valence-electron chi connectivity index (χ4n) is 1.58. The molecule has 0 fully saturated rings. The fourth-order valence-corrected chi connectivity index (χ4v) is 1.58. The molecule has 0 N–H and O–H groups in total. The minimum atomic E-state index is -4.43. The Morgan fingerprint density at radius 2 is 2.05 bits per heavy atom. The molecule has 0 bridgehead atoms. The van der Waals surface area contributed by atoms with Crippen molar-refractivity contribution in [1.82, 2.24) is 4.90 Å². The number of ether oxygens (including phenoxy) is 3. The number of rotatable bonds is 4. The van der Waals surface area contributed by atoms with Crippen LogP contribution in [0.25, 0.3) is 0 Å². The Bertz CT molecular complexity index is 504. The van der Waals surface area contributed by atoms with Crippen LogP contribution >= 0.6 is 0 Å². The second-order valence-corrected chi connectivity index (χ2v) is 4.17. The van der Waals surface area contributed by atoms with E-state index in [1.54, 1.807) is 12.1 Å². The first-order valence-electron chi connectivity index (χ1n) is 5.68. The molecule has 2 rings (SSSR count). The Balaban J connectivity index is 1.87. The first-order valence-corrected chi connectivity index (χ1v) is 5.68. The molecule has 5 nitrogen and oxygen atoms in total. The Hall–Kier alpha value is -2.12. The minimum absolute atomic E-state index is 0.103. The molecule has 0 saturated heterocycles. The number of likely N-dealkylation sites (N-methyl/N-ethyl adjacent to an activating group) is 1. The molecule has 1 aliphatic rings. The van der Waals surface area contributed by atoms with Crippen molar-refractivity contribution in [3.8, 4) is 17.2 Å². The monoisotopic (exact) mass is 291 g/mol. The largest absolute Gasteiger partial charge is 0.484 e. The third kappa shape index (κ3) is 3.69. The van der Waals surface area contributed by atoms with Gasteiger partial charge < -0.3 is 19.1 Å². The molecule has 1 aromatic rings. The van der Waals surface area contributed by atoms with Gasteiger partial charge >= 0.3 is 6.18 Å². The van der Waals surface area contributed by atoms with Crippen LogP contribution in [-0.2, 0) is 4.79 Å². The molecule has 0 unspecified atom stereocenters. The van der Waals surface area contributed by atoms with Crippen molar-refractivity contribution in [2.45, 2.75) is 6.18 Å². The highest BCUT2D eigenvalue weighted by Gasteiger charge is 2.31. The van der Waals surface area contributed by atoms with Crippen LogP contribution in [0.3, 0.4) is 0 Å². The quantitative estimate of drug-likeness (QED) is 0.849. The molecular formula is C12H12F3NO4. The number of alkyl halides is 3. The van der Waals surface area contributed by atoms with Gasteiger partial charge in [0.25, 0.3) is 5.91 Å². The van der Waals surface area contributed by atoms with Gasteiger partial charge in [-0.3, -0.25) is 4.79 Å². The van der Waals surface area contributed by atoms with Crippen molar-refractivity contribution >= 4 is 5.91 Å². The van der Waals surface area contributed by atoms with Crippen LogP contribution in [0, 0.1) is 0 Å². The summed E-state index contributed by atoms with van der Waals surface area (Å²) < 4.78 is 51.7. The van der Waals surface area contributed by atoms with Crippen LogP contribution in [0.2, 0.25) is 0 Å². The summed E-state index contributed by atoms with van der Waals surface area (Å²) >= 11 is 0. The molecule has 110 valence electrons. The van der Waals surface area contributed by atoms with Crippen molar-refractivity contribution in [2.24, 2.45) is 0 Å². The van der Waals surface area contributed by atoms with E-state index in [9.17, 15) is 18.0 Å². The average Bonchev–Trinajstić information content (AvgIpc) is 2.81. The number of amides is 1. The number of carbonyl (C=O) groups is 1. The lowest BCUT2D eigenvalue weighted by atomic mass is 10.3. The SMILES string of the molecule is CN(CC(F)(F)F)C(=O)COc1ccc2c(c1)OCO2. The van der Waals surface area contributed by atoms with Crippen LogP contribution < -0.4 is 14.2 Å². The van der Waals surface area contributed by atoms with Gasteiger partial charge in [-0.2, -0.15) is 13.2 Å². The Morgan fingerprint density at radius 1 is 1.35 bits per heavy atom. The Labute approximate surface area is 112 Å². The lowest BCUT2D eigenvalue weighted by molar-refractivity contribution is -0.159. The van der Waals surface area contributed by atoms with E-state index in [1.165, 1.54) is 6.07 Å². The topological polar surface area (TPSA) is 48.0 Å². The van der Waals surface area contributed by atoms with Gasteiger partial charge in [0.1, 0.15) is 12.3 Å². The van der Waals surface area contributed by atoms with E-state index < -0.39 is 25.2 Å². The van der Waals surface area contributed by atoms with E-state index in [0.29, 0.717) is 22.1 Å². The molecular weight excluding hydrogens is 279 g/mol. The zero-order valence-electron chi connectivity index (χ0n) is 10.6. The van der Waals surface area contributed by atoms with Crippen molar-refractivity contribution in [2.75, 3.05) is 27.0 Å². The summed E-state index contributed by atoms with van der Waals surface area (Å²) in [7, 11) is 1.07. The summed E-state index contributed by atoms with van der Waals surface area (Å²) in [5, 5.41) is 0. The van der Waals surface area contributed by atoms with Crippen LogP contribution in [0.5, 0.6) is 17.2 Å². The van der Waals surface area contributed by atoms with Crippen LogP contribution in [0.1, 0.15) is 0 Å². The molecule has 0 atom stereocenters. The van der Waals surface area contributed by atoms with Gasteiger partial charge in [-0.15, -0.1) is 0 Å². The van der Waals surface area contributed by atoms with Gasteiger partial charge in [0.2, 0.25) is 6.79 Å². The second kappa shape index (κ2) is 5.48. The molecule has 0 saturated carbocycles. The zero-order chi connectivity index (χ0) is 14.8. The molecule has 1 amide bonds. The highest BCUT2D eigenvalue weighted by Crippen LogP contribution is 2.35. The standard InChI is InChI=1S/C12H12F3NO4/c1-16(6-12(13,14)15)11(17)5-18-8-2-3-9-10(4-8)20-7-19-9/h2-4H,5-7H2,1H3. The number of hydrogen-bond donors (Lipinski definition) is 0. The molecule has 0 aromatic heterocycles. The minimum Gasteiger partial charge on any atom is -0.484 e. The van der Waals surface area contributed by atoms with E-state index in [-0.39, 0.29) is 6.79 Å². The highest BCUT2D eigenvalue weighted by molar-refractivity contribution is 5.77. The number of fused-ring (bicyclic) bond motifs is 1. The lowest BCUT2D eigenvalue weighted by Crippen LogP contribution is -2.38. The number of benzene rings is 1. The number of carbonyl (C=O) groups excluding carboxylic acids is 1. The molecule has 1 aromatic carbocycles. The summed E-state index contributed by atoms with van der Waals surface area (Å²) in [5.74, 6) is 0.583. The summed E-state index contributed by atoms with van der Waals surface area (Å²) in [6.07, 6.45) is -4.43. The summed E-state index contributed by atoms with van der Waals surface area (Å²) in [6.45, 7) is -1.69. The second-order valence-electron chi connectivity index (χ2n) is 4.17. The summed E-state index contributed by atoms with van der Waals surface area (Å²) in [5.41, 5.74) is 0. The zero-order valence-corrected chi connectivity index (χ0v) is 10.6. The number of nitrogens with zero attached hydrogens (tertiary/aromatic N) is 1. The molecule has 8 heteroatoms. The van der Waals surface area contributed by atoms with Gasteiger partial charge in [-0.1, -0.05) is 0 Å². The molecule has 20 heavy (non-hydrogen) atoms. The Morgan fingerprint density at radius 3 is 2.75 bits per heavy atom. The normalized spacial score (nSPS) is 13.2. The molecule has 1 heterocycles. The third-order valence-corrected chi connectivity index (χ3v) is 2.55. The maximum absolute atomic E-state index is 12.1. The molecule has 0 aliphatic carbocycles. The number of hydrogen-bond acceptors (Lipinski definition) is 4. The fraction of sp³-hybridized carbons (Fsp3) is 0.417. The van der Waals surface area contributed by atoms with Crippen molar-refractivity contribution < 1.29 is 32.2 Å². The van der Waals surface area contributed by atoms with Gasteiger partial charge in [-0.05, 0) is 12.1 Å². The molecule has 0 radical (unpaired) electrons. The van der Waals surface area contributed by atoms with Gasteiger partial charge in [-0.25, -0.2) is 0 Å². The van der Waals surface area contributed by atoms with Crippen LogP contribution in [0.15, 0.2) is 18.2 Å². The van der Waals surface area contributed by atoms with Crippen LogP contribution in [0.4, 0.5) is 13.2 Å². The average molecular weight is 291 g/mol. The molecule has 1 aliphatic heterocycles. The van der Waals surface area contributed by atoms with E-state index in [2.05, 4.69) is 0 Å². The highest BCUT2D eigenvalue weighted by atomic mass is 19.4. The van der Waals surface area contributed by atoms with E-state index in [0.717, 1.165) is 7.05 Å². The smallest absolute Gasteiger partial charge is 0.406 e. The summed E-state index contributed by atoms with van der Waals surface area (Å²) in [6, 6.07) is 4.66. The first kappa shape index (κ1) is 14.3. The van der Waals surface area contributed by atoms with Crippen molar-refractivity contribution in [3.63, 3.8) is 0 Å². The third-order valence-electron chi connectivity index (χ3n) is 2.55. The summed E-state index contributed by atoms with van der Waals surface area (Å²) in [4.78, 5) is 12.0. The van der Waals surface area contributed by atoms with Gasteiger partial charge in [0, 0.05) is 13.1 Å². The Kier molecular flexibility index (Phi) is 3.91. The number of halogens is 3. The van der Waals surface area contributed by atoms with Gasteiger partial charge in [0.05, 0.1) is 0 Å². The maximum Gasteiger partial charge on any atom is 0.406 e. The predicted molar refractivity (Wildman–Crippen MR) is 61.8 cm³/mol. The van der Waals surface area contributed by atoms with Gasteiger partial charge in [0.15, 0.2) is 18.1 Å². The predicted octanol–water partition coefficient (Wildman–Crippen LogP) is 1.81. The lowest BCUT2D eigenvalue weighted by Gasteiger charge is -2.19. The first-order chi connectivity index (χ1) is 9.35. The van der Waals surface area contributed by atoms with Crippen molar-refractivity contribution in [3.05, 3.63) is 18.2 Å².